The van der Waals surface area contributed by atoms with Gasteiger partial charge in [0.1, 0.15) is 12.4 Å². The largest absolute Gasteiger partial charge is 0.481 e. The maximum absolute atomic E-state index is 12.1. The second-order valence-electron chi connectivity index (χ2n) is 5.84. The molecule has 0 unspecified atom stereocenters. The van der Waals surface area contributed by atoms with Gasteiger partial charge in [0.2, 0.25) is 5.91 Å². The molecular formula is C21H19BrN2O2. The number of benzene rings is 2. The van der Waals surface area contributed by atoms with Crippen molar-refractivity contribution in [2.24, 2.45) is 7.05 Å². The van der Waals surface area contributed by atoms with E-state index in [0.717, 1.165) is 26.7 Å². The van der Waals surface area contributed by atoms with E-state index >= 15 is 0 Å². The van der Waals surface area contributed by atoms with Gasteiger partial charge in [-0.3, -0.25) is 4.79 Å². The smallest absolute Gasteiger partial charge is 0.225 e. The molecule has 3 rings (SSSR count). The number of nitrogens with one attached hydrogen (secondary N) is 1. The third kappa shape index (κ3) is 4.68. The van der Waals surface area contributed by atoms with Gasteiger partial charge in [-0.05, 0) is 29.8 Å². The predicted octanol–water partition coefficient (Wildman–Crippen LogP) is 3.68. The second kappa shape index (κ2) is 8.59. The van der Waals surface area contributed by atoms with E-state index in [4.69, 9.17) is 4.74 Å². The molecule has 0 saturated carbocycles. The Hall–Kier alpha value is -2.71. The molecule has 0 saturated heterocycles. The number of halogens is 1. The van der Waals surface area contributed by atoms with Crippen LogP contribution in [0.5, 0.6) is 5.75 Å². The Balaban J connectivity index is 1.46. The lowest BCUT2D eigenvalue weighted by atomic mass is 10.1. The van der Waals surface area contributed by atoms with Gasteiger partial charge in [0.15, 0.2) is 0 Å². The molecule has 0 fully saturated rings. The zero-order valence-electron chi connectivity index (χ0n) is 14.5. The van der Waals surface area contributed by atoms with Crippen molar-refractivity contribution >= 4 is 32.7 Å². The summed E-state index contributed by atoms with van der Waals surface area (Å²) in [6, 6.07) is 15.7. The van der Waals surface area contributed by atoms with Crippen molar-refractivity contribution in [3.05, 3.63) is 64.8 Å². The van der Waals surface area contributed by atoms with Crippen LogP contribution < -0.4 is 10.1 Å². The molecule has 1 N–H and O–H groups in total. The number of amides is 1. The van der Waals surface area contributed by atoms with Crippen LogP contribution in [-0.4, -0.2) is 23.6 Å². The summed E-state index contributed by atoms with van der Waals surface area (Å²) in [6.07, 6.45) is 2.35. The molecule has 0 aliphatic rings. The Morgan fingerprint density at radius 1 is 1.19 bits per heavy atom. The van der Waals surface area contributed by atoms with Crippen LogP contribution in [0.1, 0.15) is 5.56 Å². The van der Waals surface area contributed by atoms with Gasteiger partial charge >= 0.3 is 0 Å². The van der Waals surface area contributed by atoms with Crippen molar-refractivity contribution < 1.29 is 9.53 Å². The Morgan fingerprint density at radius 3 is 2.88 bits per heavy atom. The molecule has 3 aromatic rings. The summed E-state index contributed by atoms with van der Waals surface area (Å²) in [4.78, 5) is 12.1. The zero-order chi connectivity index (χ0) is 18.4. The number of ether oxygens (including phenoxy) is 1. The van der Waals surface area contributed by atoms with E-state index in [1.807, 2.05) is 66.3 Å². The summed E-state index contributed by atoms with van der Waals surface area (Å²) < 4.78 is 8.52. The minimum atomic E-state index is -0.0384. The van der Waals surface area contributed by atoms with E-state index in [1.165, 1.54) is 0 Å². The number of fused-ring (bicyclic) bond motifs is 1. The van der Waals surface area contributed by atoms with Gasteiger partial charge in [0, 0.05) is 28.6 Å². The van der Waals surface area contributed by atoms with Gasteiger partial charge in [-0.25, -0.2) is 0 Å². The highest BCUT2D eigenvalue weighted by atomic mass is 79.9. The van der Waals surface area contributed by atoms with Gasteiger partial charge in [0.05, 0.1) is 13.0 Å². The molecule has 0 aliphatic carbocycles. The number of aryl methyl sites for hydroxylation is 1. The quantitative estimate of drug-likeness (QED) is 0.651. The molecule has 5 heteroatoms. The highest BCUT2D eigenvalue weighted by molar-refractivity contribution is 9.10. The van der Waals surface area contributed by atoms with Crippen LogP contribution in [0.25, 0.3) is 10.9 Å². The van der Waals surface area contributed by atoms with E-state index < -0.39 is 0 Å². The van der Waals surface area contributed by atoms with Gasteiger partial charge in [-0.15, -0.1) is 0 Å². The van der Waals surface area contributed by atoms with E-state index in [1.54, 1.807) is 0 Å². The third-order valence-electron chi connectivity index (χ3n) is 3.94. The van der Waals surface area contributed by atoms with E-state index in [2.05, 4.69) is 33.1 Å². The Bertz CT molecular complexity index is 982. The van der Waals surface area contributed by atoms with Crippen LogP contribution in [-0.2, 0) is 18.3 Å². The predicted molar refractivity (Wildman–Crippen MR) is 107 cm³/mol. The van der Waals surface area contributed by atoms with E-state index in [-0.39, 0.29) is 12.5 Å². The number of carbonyl (C=O) groups excluding carboxylic acids is 1. The first-order chi connectivity index (χ1) is 12.6. The number of aromatic nitrogens is 1. The summed E-state index contributed by atoms with van der Waals surface area (Å²) in [7, 11) is 1.99. The number of hydrogen-bond acceptors (Lipinski definition) is 2. The van der Waals surface area contributed by atoms with Crippen molar-refractivity contribution in [2.45, 2.75) is 6.42 Å². The number of para-hydroxylation sites is 1. The van der Waals surface area contributed by atoms with Gasteiger partial charge in [-0.2, -0.15) is 0 Å². The van der Waals surface area contributed by atoms with Crippen LogP contribution in [0.4, 0.5) is 0 Å². The lowest BCUT2D eigenvalue weighted by Crippen LogP contribution is -2.25. The zero-order valence-corrected chi connectivity index (χ0v) is 16.0. The average molecular weight is 411 g/mol. The normalized spacial score (nSPS) is 10.2. The first-order valence-electron chi connectivity index (χ1n) is 8.27. The van der Waals surface area contributed by atoms with Crippen molar-refractivity contribution in [3.63, 3.8) is 0 Å². The summed E-state index contributed by atoms with van der Waals surface area (Å²) >= 11 is 3.39. The molecular weight excluding hydrogens is 392 g/mol. The average Bonchev–Trinajstić information content (AvgIpc) is 2.94. The summed E-state index contributed by atoms with van der Waals surface area (Å²) in [5.74, 6) is 6.53. The topological polar surface area (TPSA) is 43.3 Å². The summed E-state index contributed by atoms with van der Waals surface area (Å²) in [5.41, 5.74) is 2.14. The Labute approximate surface area is 161 Å². The SMILES string of the molecule is Cn1cc(CC(=O)NCC#CCOc2cccc(Br)c2)c2ccccc21. The van der Waals surface area contributed by atoms with Gasteiger partial charge in [0.25, 0.3) is 0 Å². The minimum absolute atomic E-state index is 0.0384. The maximum atomic E-state index is 12.1. The third-order valence-corrected chi connectivity index (χ3v) is 4.43. The number of nitrogens with zero attached hydrogens (tertiary/aromatic N) is 1. The van der Waals surface area contributed by atoms with Crippen molar-refractivity contribution in [2.75, 3.05) is 13.2 Å². The molecule has 0 spiro atoms. The molecule has 2 aromatic carbocycles. The summed E-state index contributed by atoms with van der Waals surface area (Å²) in [6.45, 7) is 0.598. The number of carbonyl (C=O) groups is 1. The maximum Gasteiger partial charge on any atom is 0.225 e. The fraction of sp³-hybridized carbons (Fsp3) is 0.190. The first-order valence-corrected chi connectivity index (χ1v) is 9.06. The van der Waals surface area contributed by atoms with Crippen molar-refractivity contribution in [3.8, 4) is 17.6 Å². The fourth-order valence-electron chi connectivity index (χ4n) is 2.73. The molecule has 0 bridgehead atoms. The molecule has 1 aromatic heterocycles. The molecule has 0 atom stereocenters. The molecule has 1 amide bonds. The van der Waals surface area contributed by atoms with Crippen LogP contribution in [0.15, 0.2) is 59.2 Å². The lowest BCUT2D eigenvalue weighted by molar-refractivity contribution is -0.120. The standard InChI is InChI=1S/C21H19BrN2O2/c1-24-15-16(19-9-2-3-10-20(19)24)13-21(25)23-11-4-5-12-26-18-8-6-7-17(22)14-18/h2-3,6-10,14-15H,11-13H2,1H3,(H,23,25). The minimum Gasteiger partial charge on any atom is -0.481 e. The van der Waals surface area contributed by atoms with Gasteiger partial charge in [-0.1, -0.05) is 52.0 Å². The molecule has 4 nitrogen and oxygen atoms in total. The summed E-state index contributed by atoms with van der Waals surface area (Å²) in [5, 5.41) is 3.94. The lowest BCUT2D eigenvalue weighted by Gasteiger charge is -2.02. The molecule has 1 heterocycles. The second-order valence-corrected chi connectivity index (χ2v) is 6.75. The highest BCUT2D eigenvalue weighted by Crippen LogP contribution is 2.20. The molecule has 26 heavy (non-hydrogen) atoms. The number of hydrogen-bond donors (Lipinski definition) is 1. The van der Waals surface area contributed by atoms with Crippen molar-refractivity contribution in [1.29, 1.82) is 0 Å². The van der Waals surface area contributed by atoms with Crippen LogP contribution in [0, 0.1) is 11.8 Å². The monoisotopic (exact) mass is 410 g/mol. The first kappa shape index (κ1) is 18.1. The van der Waals surface area contributed by atoms with Crippen LogP contribution in [0.3, 0.4) is 0 Å². The Morgan fingerprint density at radius 2 is 2.04 bits per heavy atom. The molecule has 132 valence electrons. The highest BCUT2D eigenvalue weighted by Gasteiger charge is 2.09. The van der Waals surface area contributed by atoms with E-state index in [9.17, 15) is 4.79 Å². The van der Waals surface area contributed by atoms with Crippen LogP contribution >= 0.6 is 15.9 Å². The fourth-order valence-corrected chi connectivity index (χ4v) is 3.11. The van der Waals surface area contributed by atoms with Crippen molar-refractivity contribution in [1.82, 2.24) is 9.88 Å². The van der Waals surface area contributed by atoms with E-state index in [0.29, 0.717) is 13.0 Å². The number of rotatable bonds is 5. The van der Waals surface area contributed by atoms with Crippen LogP contribution in [0.2, 0.25) is 0 Å². The van der Waals surface area contributed by atoms with Gasteiger partial charge < -0.3 is 14.6 Å². The Kier molecular flexibility index (Phi) is 5.98. The molecule has 0 radical (unpaired) electrons. The molecule has 0 aliphatic heterocycles.